The molecule has 4 rings (SSSR count). The van der Waals surface area contributed by atoms with Gasteiger partial charge >= 0.3 is 0 Å². The Bertz CT molecular complexity index is 1160. The van der Waals surface area contributed by atoms with E-state index < -0.39 is 12.7 Å². The van der Waals surface area contributed by atoms with Crippen LogP contribution in [0.15, 0.2) is 42.5 Å². The van der Waals surface area contributed by atoms with Crippen LogP contribution in [0.2, 0.25) is 0 Å². The molecule has 4 N–H and O–H groups in total. The molecule has 0 saturated heterocycles. The number of nitrogens with zero attached hydrogens (tertiary/aromatic N) is 2. The molecule has 33 heavy (non-hydrogen) atoms. The van der Waals surface area contributed by atoms with Crippen molar-refractivity contribution in [1.82, 2.24) is 25.5 Å². The van der Waals surface area contributed by atoms with Crippen molar-refractivity contribution in [2.45, 2.75) is 32.4 Å². The first-order valence-electron chi connectivity index (χ1n) is 11.1. The zero-order valence-corrected chi connectivity index (χ0v) is 18.5. The number of para-hydroxylation sites is 2. The number of aromatic nitrogens is 2. The second-order valence-electron chi connectivity index (χ2n) is 8.01. The van der Waals surface area contributed by atoms with Crippen LogP contribution in [-0.2, 0) is 6.54 Å². The summed E-state index contributed by atoms with van der Waals surface area (Å²) in [5, 5.41) is 13.2. The first-order valence-corrected chi connectivity index (χ1v) is 11.1. The average Bonchev–Trinajstić information content (AvgIpc) is 3.41. The predicted molar refractivity (Wildman–Crippen MR) is 124 cm³/mol. The molecule has 0 spiro atoms. The summed E-state index contributed by atoms with van der Waals surface area (Å²) in [7, 11) is 0. The molecule has 1 aliphatic rings. The molecule has 2 aromatic carbocycles. The van der Waals surface area contributed by atoms with Gasteiger partial charge in [-0.3, -0.25) is 15.0 Å². The second-order valence-corrected chi connectivity index (χ2v) is 8.01. The first-order chi connectivity index (χ1) is 16.0. The molecule has 0 aliphatic carbocycles. The van der Waals surface area contributed by atoms with E-state index in [0.29, 0.717) is 49.4 Å². The lowest BCUT2D eigenvalue weighted by atomic mass is 10.0. The Labute approximate surface area is 191 Å². The van der Waals surface area contributed by atoms with Crippen molar-refractivity contribution in [2.24, 2.45) is 0 Å². The number of rotatable bonds is 9. The van der Waals surface area contributed by atoms with Crippen molar-refractivity contribution >= 4 is 28.7 Å². The van der Waals surface area contributed by atoms with Crippen LogP contribution in [0.1, 0.15) is 57.9 Å². The number of amidine groups is 1. The van der Waals surface area contributed by atoms with Gasteiger partial charge in [-0.15, -0.1) is 0 Å². The molecule has 2 heterocycles. The summed E-state index contributed by atoms with van der Waals surface area (Å²) < 4.78 is 12.5. The molecule has 1 aromatic heterocycles. The molecule has 9 heteroatoms. The van der Waals surface area contributed by atoms with E-state index in [-0.39, 0.29) is 17.6 Å². The highest BCUT2D eigenvalue weighted by Crippen LogP contribution is 2.27. The third-order valence-electron chi connectivity index (χ3n) is 5.82. The number of halogens is 1. The molecule has 3 aromatic rings. The van der Waals surface area contributed by atoms with E-state index in [4.69, 9.17) is 5.41 Å². The van der Waals surface area contributed by atoms with E-state index in [2.05, 4.69) is 20.6 Å². The molecule has 0 unspecified atom stereocenters. The van der Waals surface area contributed by atoms with E-state index in [0.717, 1.165) is 16.6 Å². The summed E-state index contributed by atoms with van der Waals surface area (Å²) >= 11 is 0. The van der Waals surface area contributed by atoms with Gasteiger partial charge in [-0.1, -0.05) is 24.3 Å². The van der Waals surface area contributed by atoms with Gasteiger partial charge in [0, 0.05) is 19.6 Å². The highest BCUT2D eigenvalue weighted by Gasteiger charge is 2.31. The lowest BCUT2D eigenvalue weighted by Gasteiger charge is -2.18. The second kappa shape index (κ2) is 9.81. The number of amides is 2. The highest BCUT2D eigenvalue weighted by molar-refractivity contribution is 6.09. The molecule has 172 valence electrons. The van der Waals surface area contributed by atoms with Crippen molar-refractivity contribution in [3.63, 3.8) is 0 Å². The van der Waals surface area contributed by atoms with Gasteiger partial charge in [0.25, 0.3) is 11.8 Å². The van der Waals surface area contributed by atoms with E-state index in [1.807, 2.05) is 37.3 Å². The molecular formula is C24H27FN6O2. The van der Waals surface area contributed by atoms with Crippen LogP contribution in [-0.4, -0.2) is 52.3 Å². The fraction of sp³-hybridized carbons (Fsp3) is 0.333. The summed E-state index contributed by atoms with van der Waals surface area (Å²) in [4.78, 5) is 35.7. The zero-order chi connectivity index (χ0) is 23.4. The van der Waals surface area contributed by atoms with Crippen molar-refractivity contribution in [3.8, 4) is 0 Å². The number of carbonyl (C=O) groups is 2. The van der Waals surface area contributed by atoms with Crippen LogP contribution in [0.5, 0.6) is 0 Å². The summed E-state index contributed by atoms with van der Waals surface area (Å²) in [5.41, 5.74) is 3.31. The zero-order valence-electron chi connectivity index (χ0n) is 18.5. The minimum absolute atomic E-state index is 0.132. The summed E-state index contributed by atoms with van der Waals surface area (Å²) in [6, 6.07) is 12.5. The van der Waals surface area contributed by atoms with Crippen LogP contribution >= 0.6 is 0 Å². The lowest BCUT2D eigenvalue weighted by molar-refractivity contribution is 0.0780. The monoisotopic (exact) mass is 450 g/mol. The van der Waals surface area contributed by atoms with Crippen molar-refractivity contribution < 1.29 is 14.0 Å². The molecule has 1 atom stereocenters. The lowest BCUT2D eigenvalue weighted by Crippen LogP contribution is -2.32. The number of aromatic amines is 1. The number of H-pyrrole nitrogens is 1. The van der Waals surface area contributed by atoms with E-state index >= 15 is 0 Å². The topological polar surface area (TPSA) is 114 Å². The minimum Gasteiger partial charge on any atom is -0.372 e. The number of hydrogen-bond acceptors (Lipinski definition) is 4. The number of hydrogen-bond donors (Lipinski definition) is 4. The molecular weight excluding hydrogens is 423 g/mol. The third-order valence-corrected chi connectivity index (χ3v) is 5.82. The number of benzene rings is 2. The molecule has 1 aliphatic heterocycles. The molecule has 0 radical (unpaired) electrons. The van der Waals surface area contributed by atoms with Gasteiger partial charge in [0.1, 0.15) is 18.3 Å². The van der Waals surface area contributed by atoms with Gasteiger partial charge in [-0.05, 0) is 43.5 Å². The third kappa shape index (κ3) is 4.72. The van der Waals surface area contributed by atoms with Gasteiger partial charge in [-0.25, -0.2) is 9.37 Å². The molecule has 0 bridgehead atoms. The molecule has 0 fully saturated rings. The van der Waals surface area contributed by atoms with E-state index in [1.54, 1.807) is 17.0 Å². The number of fused-ring (bicyclic) bond motifs is 2. The highest BCUT2D eigenvalue weighted by atomic mass is 19.1. The fourth-order valence-corrected chi connectivity index (χ4v) is 4.11. The van der Waals surface area contributed by atoms with Crippen LogP contribution in [0.4, 0.5) is 4.39 Å². The van der Waals surface area contributed by atoms with Gasteiger partial charge in [0.2, 0.25) is 0 Å². The fourth-order valence-electron chi connectivity index (χ4n) is 4.11. The average molecular weight is 451 g/mol. The number of alkyl halides is 1. The van der Waals surface area contributed by atoms with Crippen molar-refractivity contribution in [2.75, 3.05) is 19.8 Å². The smallest absolute Gasteiger partial charge is 0.255 e. The standard InChI is InChI=1S/C24H27FN6O2/c1-2-31-14-15-7-5-8-16(21(15)24(31)33)23(32)30-19(11-6-12-27-20(26)13-25)22-28-17-9-3-4-10-18(17)29-22/h3-5,7-10,19H,2,6,11-14H2,1H3,(H2,26,27)(H,28,29)(H,30,32)/t19-/m0/s1. The molecule has 8 nitrogen and oxygen atoms in total. The van der Waals surface area contributed by atoms with Crippen LogP contribution in [0.3, 0.4) is 0 Å². The largest absolute Gasteiger partial charge is 0.372 e. The Morgan fingerprint density at radius 2 is 2.09 bits per heavy atom. The molecule has 0 saturated carbocycles. The number of imidazole rings is 1. The Hall–Kier alpha value is -3.75. The Morgan fingerprint density at radius 3 is 2.85 bits per heavy atom. The molecule has 2 amide bonds. The quantitative estimate of drug-likeness (QED) is 0.227. The Morgan fingerprint density at radius 1 is 1.27 bits per heavy atom. The van der Waals surface area contributed by atoms with Gasteiger partial charge in [-0.2, -0.15) is 0 Å². The summed E-state index contributed by atoms with van der Waals surface area (Å²) in [5.74, 6) is -0.0297. The summed E-state index contributed by atoms with van der Waals surface area (Å²) in [6.07, 6.45) is 1.10. The minimum atomic E-state index is -0.842. The van der Waals surface area contributed by atoms with E-state index in [1.165, 1.54) is 0 Å². The van der Waals surface area contributed by atoms with Crippen molar-refractivity contribution in [3.05, 3.63) is 65.0 Å². The first kappa shape index (κ1) is 22.4. The number of nitrogens with one attached hydrogen (secondary N) is 4. The van der Waals surface area contributed by atoms with Gasteiger partial charge in [0.15, 0.2) is 0 Å². The number of carbonyl (C=O) groups excluding carboxylic acids is 2. The van der Waals surface area contributed by atoms with Crippen LogP contribution < -0.4 is 10.6 Å². The van der Waals surface area contributed by atoms with Gasteiger partial charge < -0.3 is 20.5 Å². The maximum absolute atomic E-state index is 13.3. The van der Waals surface area contributed by atoms with Crippen LogP contribution in [0, 0.1) is 5.41 Å². The normalized spacial score (nSPS) is 13.8. The maximum atomic E-state index is 13.3. The predicted octanol–water partition coefficient (Wildman–Crippen LogP) is 3.33. The Kier molecular flexibility index (Phi) is 6.67. The Balaban J connectivity index is 1.56. The summed E-state index contributed by atoms with van der Waals surface area (Å²) in [6.45, 7) is 2.56. The SMILES string of the molecule is CCN1Cc2cccc(C(=O)N[C@@H](CCCNC(=N)CF)c3nc4ccccc4[nH]3)c2C1=O. The van der Waals surface area contributed by atoms with E-state index in [9.17, 15) is 14.0 Å². The maximum Gasteiger partial charge on any atom is 0.255 e. The van der Waals surface area contributed by atoms with Crippen molar-refractivity contribution in [1.29, 1.82) is 5.41 Å². The van der Waals surface area contributed by atoms with Crippen LogP contribution in [0.25, 0.3) is 11.0 Å². The van der Waals surface area contributed by atoms with Gasteiger partial charge in [0.05, 0.1) is 28.2 Å².